The number of carbonyl (C=O) groups is 1. The Bertz CT molecular complexity index is 594. The highest BCUT2D eigenvalue weighted by atomic mass is 19.1. The minimum absolute atomic E-state index is 0.165. The van der Waals surface area contributed by atoms with E-state index < -0.39 is 0 Å². The highest BCUT2D eigenvalue weighted by Crippen LogP contribution is 2.21. The quantitative estimate of drug-likeness (QED) is 0.878. The van der Waals surface area contributed by atoms with E-state index in [0.29, 0.717) is 12.2 Å². The van der Waals surface area contributed by atoms with Crippen LogP contribution in [0, 0.1) is 5.82 Å². The van der Waals surface area contributed by atoms with Crippen LogP contribution in [0.4, 0.5) is 14.9 Å². The van der Waals surface area contributed by atoms with Crippen molar-refractivity contribution in [3.8, 4) is 0 Å². The maximum Gasteiger partial charge on any atom is 0.319 e. The molecule has 110 valence electrons. The minimum atomic E-state index is -0.328. The molecule has 2 amide bonds. The second kappa shape index (κ2) is 6.39. The van der Waals surface area contributed by atoms with Gasteiger partial charge in [0.1, 0.15) is 5.82 Å². The highest BCUT2D eigenvalue weighted by Gasteiger charge is 2.20. The van der Waals surface area contributed by atoms with Crippen LogP contribution in [0.3, 0.4) is 0 Å². The number of carbonyl (C=O) groups excluding carboxylic acids is 1. The van der Waals surface area contributed by atoms with Crippen molar-refractivity contribution in [2.24, 2.45) is 0 Å². The van der Waals surface area contributed by atoms with Gasteiger partial charge in [-0.3, -0.25) is 0 Å². The third-order valence-corrected chi connectivity index (χ3v) is 3.35. The second-order valence-electron chi connectivity index (χ2n) is 5.56. The van der Waals surface area contributed by atoms with Crippen LogP contribution in [-0.2, 0) is 5.41 Å². The van der Waals surface area contributed by atoms with Gasteiger partial charge in [-0.05, 0) is 29.8 Å². The number of halogens is 1. The van der Waals surface area contributed by atoms with Gasteiger partial charge in [0.05, 0.1) is 0 Å². The fourth-order valence-electron chi connectivity index (χ4n) is 2.00. The molecule has 0 atom stereocenters. The normalized spacial score (nSPS) is 11.0. The van der Waals surface area contributed by atoms with Crippen LogP contribution < -0.4 is 10.6 Å². The molecule has 21 heavy (non-hydrogen) atoms. The summed E-state index contributed by atoms with van der Waals surface area (Å²) in [5.41, 5.74) is 1.56. The van der Waals surface area contributed by atoms with Gasteiger partial charge < -0.3 is 10.6 Å². The lowest BCUT2D eigenvalue weighted by atomic mass is 9.85. The van der Waals surface area contributed by atoms with Gasteiger partial charge in [0.15, 0.2) is 0 Å². The van der Waals surface area contributed by atoms with Crippen LogP contribution in [0.15, 0.2) is 54.6 Å². The van der Waals surface area contributed by atoms with Crippen molar-refractivity contribution in [2.45, 2.75) is 19.3 Å². The van der Waals surface area contributed by atoms with Crippen LogP contribution in [0.25, 0.3) is 0 Å². The van der Waals surface area contributed by atoms with E-state index in [0.717, 1.165) is 5.56 Å². The minimum Gasteiger partial charge on any atom is -0.337 e. The monoisotopic (exact) mass is 286 g/mol. The molecule has 0 saturated carbocycles. The Hall–Kier alpha value is -2.36. The molecule has 0 aromatic heterocycles. The molecule has 2 aromatic carbocycles. The van der Waals surface area contributed by atoms with Crippen molar-refractivity contribution < 1.29 is 9.18 Å². The molecule has 3 nitrogen and oxygen atoms in total. The van der Waals surface area contributed by atoms with E-state index in [1.807, 2.05) is 30.3 Å². The van der Waals surface area contributed by atoms with Crippen molar-refractivity contribution in [2.75, 3.05) is 11.9 Å². The van der Waals surface area contributed by atoms with E-state index in [1.54, 1.807) is 0 Å². The Balaban J connectivity index is 1.90. The first kappa shape index (κ1) is 15.0. The summed E-state index contributed by atoms with van der Waals surface area (Å²) in [5.74, 6) is -0.328. The third kappa shape index (κ3) is 4.31. The van der Waals surface area contributed by atoms with Gasteiger partial charge in [0.2, 0.25) is 0 Å². The molecule has 2 rings (SSSR count). The summed E-state index contributed by atoms with van der Waals surface area (Å²) in [6.45, 7) is 4.64. The van der Waals surface area contributed by atoms with Crippen molar-refractivity contribution in [1.82, 2.24) is 5.32 Å². The molecule has 0 radical (unpaired) electrons. The number of benzene rings is 2. The molecule has 0 unspecified atom stereocenters. The maximum absolute atomic E-state index is 12.8. The molecular weight excluding hydrogens is 267 g/mol. The number of hydrogen-bond acceptors (Lipinski definition) is 1. The van der Waals surface area contributed by atoms with Crippen molar-refractivity contribution >= 4 is 11.7 Å². The first-order valence-electron chi connectivity index (χ1n) is 6.83. The Labute approximate surface area is 124 Å². The average molecular weight is 286 g/mol. The van der Waals surface area contributed by atoms with Gasteiger partial charge >= 0.3 is 6.03 Å². The lowest BCUT2D eigenvalue weighted by Gasteiger charge is -2.25. The molecule has 0 fully saturated rings. The molecule has 0 aliphatic rings. The van der Waals surface area contributed by atoms with Gasteiger partial charge in [0.25, 0.3) is 0 Å². The standard InChI is InChI=1S/C17H19FN2O/c1-17(2,13-6-4-3-5-7-13)12-19-16(21)20-15-10-8-14(18)9-11-15/h3-11H,12H2,1-2H3,(H2,19,20,21). The van der Waals surface area contributed by atoms with Crippen molar-refractivity contribution in [3.63, 3.8) is 0 Å². The lowest BCUT2D eigenvalue weighted by Crippen LogP contribution is -2.38. The average Bonchev–Trinajstić information content (AvgIpc) is 2.49. The number of urea groups is 1. The van der Waals surface area contributed by atoms with Gasteiger partial charge in [-0.1, -0.05) is 44.2 Å². The van der Waals surface area contributed by atoms with Crippen LogP contribution in [0.2, 0.25) is 0 Å². The van der Waals surface area contributed by atoms with E-state index in [4.69, 9.17) is 0 Å². The number of hydrogen-bond donors (Lipinski definition) is 2. The van der Waals surface area contributed by atoms with E-state index in [2.05, 4.69) is 24.5 Å². The van der Waals surface area contributed by atoms with Gasteiger partial charge in [-0.2, -0.15) is 0 Å². The summed E-state index contributed by atoms with van der Waals surface area (Å²) < 4.78 is 12.8. The van der Waals surface area contributed by atoms with E-state index in [-0.39, 0.29) is 17.3 Å². The zero-order valence-corrected chi connectivity index (χ0v) is 12.2. The summed E-state index contributed by atoms with van der Waals surface area (Å²) in [6.07, 6.45) is 0. The molecule has 2 aromatic rings. The SMILES string of the molecule is CC(C)(CNC(=O)Nc1ccc(F)cc1)c1ccccc1. The Kier molecular flexibility index (Phi) is 4.58. The Morgan fingerprint density at radius 2 is 1.67 bits per heavy atom. The largest absolute Gasteiger partial charge is 0.337 e. The molecule has 0 saturated heterocycles. The molecule has 0 spiro atoms. The summed E-state index contributed by atoms with van der Waals surface area (Å²) in [7, 11) is 0. The molecule has 2 N–H and O–H groups in total. The lowest BCUT2D eigenvalue weighted by molar-refractivity contribution is 0.249. The zero-order valence-electron chi connectivity index (χ0n) is 12.2. The van der Waals surface area contributed by atoms with Crippen molar-refractivity contribution in [3.05, 3.63) is 66.0 Å². The number of amides is 2. The zero-order chi connectivity index (χ0) is 15.3. The Morgan fingerprint density at radius 1 is 1.05 bits per heavy atom. The highest BCUT2D eigenvalue weighted by molar-refractivity contribution is 5.89. The van der Waals surface area contributed by atoms with Crippen LogP contribution in [0.5, 0.6) is 0 Å². The first-order chi connectivity index (χ1) is 9.97. The fraction of sp³-hybridized carbons (Fsp3) is 0.235. The summed E-state index contributed by atoms with van der Waals surface area (Å²) in [6, 6.07) is 15.4. The van der Waals surface area contributed by atoms with Gasteiger partial charge in [-0.25, -0.2) is 9.18 Å². The molecule has 0 heterocycles. The van der Waals surface area contributed by atoms with Gasteiger partial charge in [0, 0.05) is 17.6 Å². The maximum atomic E-state index is 12.8. The number of nitrogens with one attached hydrogen (secondary N) is 2. The van der Waals surface area contributed by atoms with Crippen LogP contribution in [-0.4, -0.2) is 12.6 Å². The number of rotatable bonds is 4. The van der Waals surface area contributed by atoms with E-state index in [1.165, 1.54) is 24.3 Å². The first-order valence-corrected chi connectivity index (χ1v) is 6.83. The summed E-state index contributed by atoms with van der Waals surface area (Å²) in [5, 5.41) is 5.52. The van der Waals surface area contributed by atoms with Gasteiger partial charge in [-0.15, -0.1) is 0 Å². The van der Waals surface area contributed by atoms with Crippen LogP contribution >= 0.6 is 0 Å². The Morgan fingerprint density at radius 3 is 2.29 bits per heavy atom. The van der Waals surface area contributed by atoms with Crippen molar-refractivity contribution in [1.29, 1.82) is 0 Å². The molecule has 0 bridgehead atoms. The topological polar surface area (TPSA) is 41.1 Å². The van der Waals surface area contributed by atoms with E-state index in [9.17, 15) is 9.18 Å². The van der Waals surface area contributed by atoms with E-state index >= 15 is 0 Å². The molecular formula is C17H19FN2O. The second-order valence-corrected chi connectivity index (χ2v) is 5.56. The molecule has 0 aliphatic heterocycles. The third-order valence-electron chi connectivity index (χ3n) is 3.35. The van der Waals surface area contributed by atoms with Crippen LogP contribution in [0.1, 0.15) is 19.4 Å². The molecule has 4 heteroatoms. The smallest absolute Gasteiger partial charge is 0.319 e. The fourth-order valence-corrected chi connectivity index (χ4v) is 2.00. The predicted octanol–water partition coefficient (Wildman–Crippen LogP) is 3.93. The predicted molar refractivity (Wildman–Crippen MR) is 82.9 cm³/mol. The summed E-state index contributed by atoms with van der Waals surface area (Å²) >= 11 is 0. The molecule has 0 aliphatic carbocycles. The number of anilines is 1. The summed E-state index contributed by atoms with van der Waals surface area (Å²) in [4.78, 5) is 11.9.